The monoisotopic (exact) mass is 302 g/mol. The van der Waals surface area contributed by atoms with Gasteiger partial charge in [0.1, 0.15) is 11.3 Å². The largest absolute Gasteiger partial charge is 0.493 e. The van der Waals surface area contributed by atoms with E-state index >= 15 is 0 Å². The van der Waals surface area contributed by atoms with Crippen LogP contribution in [0, 0.1) is 6.92 Å². The van der Waals surface area contributed by atoms with E-state index in [0.29, 0.717) is 12.4 Å². The number of para-hydroxylation sites is 1. The molecule has 0 aromatic heterocycles. The average Bonchev–Trinajstić information content (AvgIpc) is 2.49. The molecule has 0 unspecified atom stereocenters. The summed E-state index contributed by atoms with van der Waals surface area (Å²) in [6, 6.07) is 15.0. The number of ether oxygens (including phenoxy) is 1. The molecule has 21 heavy (non-hydrogen) atoms. The molecule has 0 aliphatic heterocycles. The summed E-state index contributed by atoms with van der Waals surface area (Å²) in [4.78, 5) is 12.3. The number of aryl methyl sites for hydroxylation is 1. The highest BCUT2D eigenvalue weighted by molar-refractivity contribution is 7.99. The van der Waals surface area contributed by atoms with Crippen molar-refractivity contribution in [1.82, 2.24) is 0 Å². The number of thioether (sulfide) groups is 1. The van der Waals surface area contributed by atoms with Gasteiger partial charge >= 0.3 is 5.97 Å². The third-order valence-electron chi connectivity index (χ3n) is 3.01. The fourth-order valence-electron chi connectivity index (χ4n) is 1.91. The van der Waals surface area contributed by atoms with E-state index in [-0.39, 0.29) is 5.56 Å². The van der Waals surface area contributed by atoms with Crippen molar-refractivity contribution in [2.75, 3.05) is 12.4 Å². The second-order valence-corrected chi connectivity index (χ2v) is 5.75. The molecule has 0 saturated carbocycles. The van der Waals surface area contributed by atoms with Crippen LogP contribution in [0.5, 0.6) is 5.75 Å². The van der Waals surface area contributed by atoms with Gasteiger partial charge in [-0.25, -0.2) is 4.79 Å². The van der Waals surface area contributed by atoms with E-state index in [4.69, 9.17) is 9.84 Å². The van der Waals surface area contributed by atoms with Crippen LogP contribution in [-0.4, -0.2) is 23.4 Å². The van der Waals surface area contributed by atoms with Gasteiger partial charge in [0.2, 0.25) is 0 Å². The minimum atomic E-state index is -0.958. The summed E-state index contributed by atoms with van der Waals surface area (Å²) in [7, 11) is 0. The molecule has 3 nitrogen and oxygen atoms in total. The van der Waals surface area contributed by atoms with E-state index in [2.05, 4.69) is 19.1 Å². The van der Waals surface area contributed by atoms with Gasteiger partial charge < -0.3 is 9.84 Å². The Kier molecular flexibility index (Phi) is 5.69. The van der Waals surface area contributed by atoms with Crippen molar-refractivity contribution in [3.05, 3.63) is 59.7 Å². The van der Waals surface area contributed by atoms with E-state index in [1.165, 1.54) is 10.5 Å². The molecule has 0 aliphatic rings. The molecule has 0 radical (unpaired) electrons. The molecule has 0 amide bonds. The summed E-state index contributed by atoms with van der Waals surface area (Å²) < 4.78 is 5.57. The van der Waals surface area contributed by atoms with E-state index in [0.717, 1.165) is 12.2 Å². The molecule has 0 saturated heterocycles. The van der Waals surface area contributed by atoms with Crippen LogP contribution < -0.4 is 4.74 Å². The Bertz CT molecular complexity index is 610. The van der Waals surface area contributed by atoms with Crippen molar-refractivity contribution in [3.63, 3.8) is 0 Å². The van der Waals surface area contributed by atoms with Gasteiger partial charge in [0.05, 0.1) is 6.61 Å². The Labute approximate surface area is 129 Å². The van der Waals surface area contributed by atoms with Gasteiger partial charge in [0.25, 0.3) is 0 Å². The van der Waals surface area contributed by atoms with E-state index in [9.17, 15) is 4.79 Å². The van der Waals surface area contributed by atoms with Gasteiger partial charge in [-0.3, -0.25) is 0 Å². The van der Waals surface area contributed by atoms with Crippen LogP contribution in [0.4, 0.5) is 0 Å². The molecule has 0 bridgehead atoms. The van der Waals surface area contributed by atoms with Crippen LogP contribution in [0.2, 0.25) is 0 Å². The number of carboxylic acid groups (broad SMARTS) is 1. The first-order chi connectivity index (χ1) is 10.2. The molecular weight excluding hydrogens is 284 g/mol. The first kappa shape index (κ1) is 15.4. The zero-order chi connectivity index (χ0) is 15.1. The lowest BCUT2D eigenvalue weighted by molar-refractivity contribution is 0.0692. The van der Waals surface area contributed by atoms with Crippen molar-refractivity contribution in [2.45, 2.75) is 18.2 Å². The quantitative estimate of drug-likeness (QED) is 0.613. The summed E-state index contributed by atoms with van der Waals surface area (Å²) >= 11 is 1.80. The topological polar surface area (TPSA) is 46.5 Å². The van der Waals surface area contributed by atoms with Crippen LogP contribution in [0.3, 0.4) is 0 Å². The standard InChI is InChI=1S/C17H18O3S/c1-13-7-2-5-10-16(13)21-12-6-11-20-15-9-4-3-8-14(15)17(18)19/h2-5,7-10H,6,11-12H2,1H3,(H,18,19). The normalized spacial score (nSPS) is 10.3. The molecule has 0 atom stereocenters. The van der Waals surface area contributed by atoms with Gasteiger partial charge in [0, 0.05) is 10.6 Å². The first-order valence-electron chi connectivity index (χ1n) is 6.82. The molecule has 2 aromatic carbocycles. The van der Waals surface area contributed by atoms with Crippen molar-refractivity contribution in [1.29, 1.82) is 0 Å². The van der Waals surface area contributed by atoms with Crippen LogP contribution in [0.15, 0.2) is 53.4 Å². The Morgan fingerprint density at radius 3 is 2.62 bits per heavy atom. The minimum Gasteiger partial charge on any atom is -0.493 e. The zero-order valence-electron chi connectivity index (χ0n) is 11.9. The minimum absolute atomic E-state index is 0.212. The fraction of sp³-hybridized carbons (Fsp3) is 0.235. The van der Waals surface area contributed by atoms with Crippen molar-refractivity contribution in [2.24, 2.45) is 0 Å². The smallest absolute Gasteiger partial charge is 0.339 e. The van der Waals surface area contributed by atoms with Gasteiger partial charge in [-0.2, -0.15) is 0 Å². The van der Waals surface area contributed by atoms with Gasteiger partial charge in [0.15, 0.2) is 0 Å². The van der Waals surface area contributed by atoms with E-state index < -0.39 is 5.97 Å². The molecule has 110 valence electrons. The predicted octanol–water partition coefficient (Wildman–Crippen LogP) is 4.25. The second kappa shape index (κ2) is 7.74. The Morgan fingerprint density at radius 2 is 1.86 bits per heavy atom. The Hall–Kier alpha value is -1.94. The molecular formula is C17H18O3S. The van der Waals surface area contributed by atoms with Crippen molar-refractivity contribution < 1.29 is 14.6 Å². The Balaban J connectivity index is 1.78. The number of carbonyl (C=O) groups is 1. The lowest BCUT2D eigenvalue weighted by Gasteiger charge is -2.09. The molecule has 0 fully saturated rings. The van der Waals surface area contributed by atoms with E-state index in [1.54, 1.807) is 36.0 Å². The number of hydrogen-bond donors (Lipinski definition) is 1. The number of benzene rings is 2. The highest BCUT2D eigenvalue weighted by Crippen LogP contribution is 2.23. The number of aromatic carboxylic acids is 1. The SMILES string of the molecule is Cc1ccccc1SCCCOc1ccccc1C(=O)O. The van der Waals surface area contributed by atoms with E-state index in [1.807, 2.05) is 12.1 Å². The summed E-state index contributed by atoms with van der Waals surface area (Å²) in [5.41, 5.74) is 1.49. The van der Waals surface area contributed by atoms with Crippen molar-refractivity contribution >= 4 is 17.7 Å². The lowest BCUT2D eigenvalue weighted by Crippen LogP contribution is -2.04. The summed E-state index contributed by atoms with van der Waals surface area (Å²) in [5.74, 6) is 0.422. The van der Waals surface area contributed by atoms with Gasteiger partial charge in [-0.1, -0.05) is 30.3 Å². The Morgan fingerprint density at radius 1 is 1.14 bits per heavy atom. The average molecular weight is 302 g/mol. The second-order valence-electron chi connectivity index (χ2n) is 4.62. The summed E-state index contributed by atoms with van der Waals surface area (Å²) in [6.07, 6.45) is 0.868. The zero-order valence-corrected chi connectivity index (χ0v) is 12.7. The summed E-state index contributed by atoms with van der Waals surface area (Å²) in [6.45, 7) is 2.62. The first-order valence-corrected chi connectivity index (χ1v) is 7.80. The van der Waals surface area contributed by atoms with Gasteiger partial charge in [-0.05, 0) is 37.1 Å². The molecule has 0 aliphatic carbocycles. The maximum Gasteiger partial charge on any atom is 0.339 e. The van der Waals surface area contributed by atoms with Crippen LogP contribution in [-0.2, 0) is 0 Å². The number of rotatable bonds is 7. The molecule has 1 N–H and O–H groups in total. The van der Waals surface area contributed by atoms with Crippen molar-refractivity contribution in [3.8, 4) is 5.75 Å². The maximum atomic E-state index is 11.0. The summed E-state index contributed by atoms with van der Waals surface area (Å²) in [5, 5.41) is 9.06. The molecule has 0 heterocycles. The van der Waals surface area contributed by atoms with Gasteiger partial charge in [-0.15, -0.1) is 11.8 Å². The molecule has 0 spiro atoms. The fourth-order valence-corrected chi connectivity index (χ4v) is 2.86. The van der Waals surface area contributed by atoms with Crippen LogP contribution in [0.25, 0.3) is 0 Å². The third kappa shape index (κ3) is 4.53. The highest BCUT2D eigenvalue weighted by atomic mass is 32.2. The maximum absolute atomic E-state index is 11.0. The predicted molar refractivity (Wildman–Crippen MR) is 85.4 cm³/mol. The highest BCUT2D eigenvalue weighted by Gasteiger charge is 2.09. The molecule has 4 heteroatoms. The third-order valence-corrected chi connectivity index (χ3v) is 4.28. The van der Waals surface area contributed by atoms with Crippen LogP contribution >= 0.6 is 11.8 Å². The molecule has 2 aromatic rings. The number of carboxylic acids is 1. The lowest BCUT2D eigenvalue weighted by atomic mass is 10.2. The van der Waals surface area contributed by atoms with Crippen LogP contribution in [0.1, 0.15) is 22.3 Å². The number of hydrogen-bond acceptors (Lipinski definition) is 3. The molecule has 2 rings (SSSR count).